The molecule has 1 amide bonds. The van der Waals surface area contributed by atoms with Crippen molar-refractivity contribution in [3.05, 3.63) is 35.6 Å². The molecule has 2 unspecified atom stereocenters. The minimum Gasteiger partial charge on any atom is -0.387 e. The Balaban J connectivity index is 2.11. The molecule has 2 rings (SSSR count). The second-order valence-corrected chi connectivity index (χ2v) is 6.56. The molecule has 0 spiro atoms. The van der Waals surface area contributed by atoms with Crippen LogP contribution >= 0.6 is 0 Å². The van der Waals surface area contributed by atoms with Crippen molar-refractivity contribution >= 4 is 5.91 Å². The maximum Gasteiger partial charge on any atom is 0.261 e. The highest BCUT2D eigenvalue weighted by atomic mass is 19.1. The highest BCUT2D eigenvalue weighted by Crippen LogP contribution is 2.25. The van der Waals surface area contributed by atoms with Crippen LogP contribution in [0.4, 0.5) is 8.78 Å². The molecule has 1 aromatic carbocycles. The predicted octanol–water partition coefficient (Wildman–Crippen LogP) is 2.05. The topological polar surface area (TPSA) is 52.6 Å². The summed E-state index contributed by atoms with van der Waals surface area (Å²) >= 11 is 0. The molecule has 1 heterocycles. The number of carbonyl (C=O) groups is 1. The van der Waals surface area contributed by atoms with E-state index in [2.05, 4.69) is 5.32 Å². The van der Waals surface area contributed by atoms with Gasteiger partial charge in [-0.25, -0.2) is 8.78 Å². The normalized spacial score (nSPS) is 22.3. The Labute approximate surface area is 135 Å². The van der Waals surface area contributed by atoms with Crippen LogP contribution in [0.5, 0.6) is 0 Å². The Morgan fingerprint density at radius 3 is 2.52 bits per heavy atom. The largest absolute Gasteiger partial charge is 0.387 e. The van der Waals surface area contributed by atoms with Crippen LogP contribution < -0.4 is 5.32 Å². The van der Waals surface area contributed by atoms with Crippen molar-refractivity contribution in [3.8, 4) is 0 Å². The Hall–Kier alpha value is -1.53. The van der Waals surface area contributed by atoms with E-state index in [1.54, 1.807) is 0 Å². The lowest BCUT2D eigenvalue weighted by atomic mass is 10.0. The van der Waals surface area contributed by atoms with E-state index in [9.17, 15) is 18.7 Å². The average Bonchev–Trinajstić information content (AvgIpc) is 2.94. The number of aliphatic hydroxyl groups excluding tert-OH is 1. The molecule has 0 saturated carbocycles. The van der Waals surface area contributed by atoms with E-state index in [1.165, 1.54) is 29.2 Å². The van der Waals surface area contributed by atoms with Crippen molar-refractivity contribution in [3.63, 3.8) is 0 Å². The Bertz CT molecular complexity index is 528. The third-order valence-corrected chi connectivity index (χ3v) is 4.01. The van der Waals surface area contributed by atoms with Crippen molar-refractivity contribution in [2.45, 2.75) is 32.0 Å². The van der Waals surface area contributed by atoms with Crippen LogP contribution in [-0.2, 0) is 4.79 Å². The average molecular weight is 326 g/mol. The van der Waals surface area contributed by atoms with Crippen molar-refractivity contribution in [1.29, 1.82) is 0 Å². The van der Waals surface area contributed by atoms with Crippen LogP contribution in [0.1, 0.15) is 31.9 Å². The lowest BCUT2D eigenvalue weighted by molar-refractivity contribution is -0.145. The van der Waals surface area contributed by atoms with Gasteiger partial charge in [0.05, 0.1) is 12.6 Å². The lowest BCUT2D eigenvalue weighted by Crippen LogP contribution is -2.49. The minimum absolute atomic E-state index is 0.00564. The number of aliphatic hydroxyl groups is 1. The number of benzene rings is 1. The first-order valence-corrected chi connectivity index (χ1v) is 7.94. The molecule has 0 bridgehead atoms. The van der Waals surface area contributed by atoms with Crippen molar-refractivity contribution < 1.29 is 18.7 Å². The molecule has 23 heavy (non-hydrogen) atoms. The van der Waals surface area contributed by atoms with E-state index in [4.69, 9.17) is 0 Å². The van der Waals surface area contributed by atoms with Gasteiger partial charge in [-0.05, 0) is 30.2 Å². The van der Waals surface area contributed by atoms with Gasteiger partial charge in [0.25, 0.3) is 5.91 Å². The smallest absolute Gasteiger partial charge is 0.261 e. The zero-order valence-corrected chi connectivity index (χ0v) is 13.6. The number of amides is 1. The molecular formula is C17H24F2N2O2. The highest BCUT2D eigenvalue weighted by molar-refractivity contribution is 5.86. The van der Waals surface area contributed by atoms with Gasteiger partial charge in [-0.15, -0.1) is 0 Å². The van der Waals surface area contributed by atoms with E-state index in [-0.39, 0.29) is 25.4 Å². The van der Waals surface area contributed by atoms with Gasteiger partial charge in [0, 0.05) is 19.5 Å². The first-order chi connectivity index (χ1) is 10.8. The van der Waals surface area contributed by atoms with Crippen LogP contribution in [0.15, 0.2) is 24.3 Å². The molecule has 1 aromatic rings. The zero-order valence-electron chi connectivity index (χ0n) is 13.6. The molecule has 2 atom stereocenters. The lowest BCUT2D eigenvalue weighted by Gasteiger charge is -2.31. The summed E-state index contributed by atoms with van der Waals surface area (Å²) in [6, 6.07) is 5.45. The van der Waals surface area contributed by atoms with Crippen molar-refractivity contribution in [2.24, 2.45) is 5.92 Å². The molecule has 1 aliphatic heterocycles. The summed E-state index contributed by atoms with van der Waals surface area (Å²) in [7, 11) is 0. The Kier molecular flexibility index (Phi) is 5.70. The fraction of sp³-hybridized carbons (Fsp3) is 0.588. The maximum absolute atomic E-state index is 14.7. The fourth-order valence-electron chi connectivity index (χ4n) is 2.81. The number of nitrogens with zero attached hydrogens (tertiary/aromatic N) is 1. The molecule has 1 fully saturated rings. The van der Waals surface area contributed by atoms with Gasteiger partial charge in [0.15, 0.2) is 0 Å². The van der Waals surface area contributed by atoms with Crippen LogP contribution in [0.2, 0.25) is 0 Å². The number of hydrogen-bond donors (Lipinski definition) is 2. The highest BCUT2D eigenvalue weighted by Gasteiger charge is 2.44. The second kappa shape index (κ2) is 7.36. The fourth-order valence-corrected chi connectivity index (χ4v) is 2.81. The molecule has 1 saturated heterocycles. The third-order valence-electron chi connectivity index (χ3n) is 4.01. The molecule has 2 N–H and O–H groups in total. The number of halogens is 2. The predicted molar refractivity (Wildman–Crippen MR) is 84.1 cm³/mol. The van der Waals surface area contributed by atoms with E-state index >= 15 is 0 Å². The van der Waals surface area contributed by atoms with Crippen LogP contribution in [0.3, 0.4) is 0 Å². The Morgan fingerprint density at radius 2 is 2.00 bits per heavy atom. The van der Waals surface area contributed by atoms with Gasteiger partial charge >= 0.3 is 0 Å². The SMILES string of the molecule is CC(C)CN(CC(O)c1ccc(F)cc1)C(=O)C1(F)CCNC1. The number of hydrogen-bond acceptors (Lipinski definition) is 3. The van der Waals surface area contributed by atoms with E-state index in [0.717, 1.165) is 0 Å². The molecule has 0 aliphatic carbocycles. The van der Waals surface area contributed by atoms with Crippen LogP contribution in [0, 0.1) is 11.7 Å². The van der Waals surface area contributed by atoms with Crippen molar-refractivity contribution in [1.82, 2.24) is 10.2 Å². The molecule has 128 valence electrons. The van der Waals surface area contributed by atoms with E-state index < -0.39 is 23.5 Å². The summed E-state index contributed by atoms with van der Waals surface area (Å²) in [5.41, 5.74) is -1.40. The van der Waals surface area contributed by atoms with E-state index in [0.29, 0.717) is 18.7 Å². The molecule has 1 aliphatic rings. The summed E-state index contributed by atoms with van der Waals surface area (Å²) < 4.78 is 27.7. The van der Waals surface area contributed by atoms with Gasteiger partial charge in [-0.3, -0.25) is 4.79 Å². The molecule has 4 nitrogen and oxygen atoms in total. The van der Waals surface area contributed by atoms with Gasteiger partial charge in [-0.1, -0.05) is 26.0 Å². The minimum atomic E-state index is -1.91. The van der Waals surface area contributed by atoms with E-state index in [1.807, 2.05) is 13.8 Å². The first-order valence-electron chi connectivity index (χ1n) is 7.94. The summed E-state index contributed by atoms with van der Waals surface area (Å²) in [5, 5.41) is 13.2. The third kappa shape index (κ3) is 4.48. The maximum atomic E-state index is 14.7. The number of nitrogens with one attached hydrogen (secondary N) is 1. The summed E-state index contributed by atoms with van der Waals surface area (Å²) in [4.78, 5) is 13.9. The second-order valence-electron chi connectivity index (χ2n) is 6.56. The summed E-state index contributed by atoms with van der Waals surface area (Å²) in [6.45, 7) is 4.70. The number of carbonyl (C=O) groups excluding carboxylic acids is 1. The quantitative estimate of drug-likeness (QED) is 0.841. The zero-order chi connectivity index (χ0) is 17.0. The number of alkyl halides is 1. The van der Waals surface area contributed by atoms with Gasteiger partial charge in [0.1, 0.15) is 5.82 Å². The standard InChI is InChI=1S/C17H24F2N2O2/c1-12(2)9-21(16(23)17(19)7-8-20-11-17)10-15(22)13-3-5-14(18)6-4-13/h3-6,12,15,20,22H,7-11H2,1-2H3. The van der Waals surface area contributed by atoms with Crippen LogP contribution in [0.25, 0.3) is 0 Å². The number of rotatable bonds is 6. The molecular weight excluding hydrogens is 302 g/mol. The Morgan fingerprint density at radius 1 is 1.35 bits per heavy atom. The summed E-state index contributed by atoms with van der Waals surface area (Å²) in [6.07, 6.45) is -0.830. The van der Waals surface area contributed by atoms with Gasteiger partial charge in [-0.2, -0.15) is 0 Å². The monoisotopic (exact) mass is 326 g/mol. The van der Waals surface area contributed by atoms with Crippen molar-refractivity contribution in [2.75, 3.05) is 26.2 Å². The molecule has 0 aromatic heterocycles. The van der Waals surface area contributed by atoms with Crippen LogP contribution in [-0.4, -0.2) is 47.8 Å². The van der Waals surface area contributed by atoms with Gasteiger partial charge < -0.3 is 15.3 Å². The summed E-state index contributed by atoms with van der Waals surface area (Å²) in [5.74, 6) is -0.828. The van der Waals surface area contributed by atoms with Gasteiger partial charge in [0.2, 0.25) is 5.67 Å². The molecule has 0 radical (unpaired) electrons. The molecule has 6 heteroatoms. The first kappa shape index (κ1) is 17.8.